The Morgan fingerprint density at radius 3 is 2.83 bits per heavy atom. The van der Waals surface area contributed by atoms with E-state index in [1.54, 1.807) is 24.3 Å². The van der Waals surface area contributed by atoms with Gasteiger partial charge in [-0.05, 0) is 19.1 Å². The Morgan fingerprint density at radius 2 is 2.13 bits per heavy atom. The van der Waals surface area contributed by atoms with Gasteiger partial charge in [0.25, 0.3) is 0 Å². The van der Waals surface area contributed by atoms with Crippen molar-refractivity contribution in [2.75, 3.05) is 32.0 Å². The molecule has 7 nitrogen and oxygen atoms in total. The van der Waals surface area contributed by atoms with Crippen LogP contribution in [-0.2, 0) is 14.6 Å². The van der Waals surface area contributed by atoms with Gasteiger partial charge in [0.1, 0.15) is 11.9 Å². The molecule has 23 heavy (non-hydrogen) atoms. The van der Waals surface area contributed by atoms with Gasteiger partial charge in [-0.3, -0.25) is 10.00 Å². The molecule has 1 aliphatic heterocycles. The van der Waals surface area contributed by atoms with Gasteiger partial charge in [-0.25, -0.2) is 13.4 Å². The maximum absolute atomic E-state index is 12.3. The van der Waals surface area contributed by atoms with Crippen molar-refractivity contribution < 1.29 is 13.2 Å². The van der Waals surface area contributed by atoms with Crippen molar-refractivity contribution in [3.05, 3.63) is 42.0 Å². The summed E-state index contributed by atoms with van der Waals surface area (Å²) in [5.41, 5.74) is 0. The number of nitrogens with one attached hydrogen (secondary N) is 1. The summed E-state index contributed by atoms with van der Waals surface area (Å²) < 4.78 is 30.4. The summed E-state index contributed by atoms with van der Waals surface area (Å²) in [7, 11) is -3.26. The van der Waals surface area contributed by atoms with E-state index in [-0.39, 0.29) is 11.9 Å². The maximum atomic E-state index is 12.3. The van der Waals surface area contributed by atoms with Crippen LogP contribution >= 0.6 is 0 Å². The lowest BCUT2D eigenvalue weighted by molar-refractivity contribution is -0.0321. The first-order chi connectivity index (χ1) is 11.0. The van der Waals surface area contributed by atoms with Crippen molar-refractivity contribution >= 4 is 9.84 Å². The number of nitrogens with zero attached hydrogens (tertiary/aromatic N) is 3. The molecule has 0 aliphatic carbocycles. The quantitative estimate of drug-likeness (QED) is 0.875. The zero-order valence-corrected chi connectivity index (χ0v) is 13.8. The van der Waals surface area contributed by atoms with E-state index < -0.39 is 9.84 Å². The van der Waals surface area contributed by atoms with Crippen molar-refractivity contribution in [1.29, 1.82) is 0 Å². The van der Waals surface area contributed by atoms with Crippen LogP contribution in [0.4, 0.5) is 0 Å². The molecule has 1 atom stereocenters. The fourth-order valence-corrected chi connectivity index (χ4v) is 3.87. The van der Waals surface area contributed by atoms with Gasteiger partial charge in [0.05, 0.1) is 17.3 Å². The van der Waals surface area contributed by atoms with Crippen molar-refractivity contribution in [3.8, 4) is 0 Å². The summed E-state index contributed by atoms with van der Waals surface area (Å²) in [6.07, 6.45) is -0.215. The number of aromatic nitrogens is 3. The Bertz CT molecular complexity index is 745. The first-order valence-electron chi connectivity index (χ1n) is 7.55. The van der Waals surface area contributed by atoms with Gasteiger partial charge < -0.3 is 4.74 Å². The number of aryl methyl sites for hydroxylation is 1. The van der Waals surface area contributed by atoms with Gasteiger partial charge in [-0.1, -0.05) is 18.2 Å². The SMILES string of the molecule is Cc1nc([C@H]2CN(CCS(=O)(=O)c3ccccc3)CCO2)n[nH]1. The molecule has 1 saturated heterocycles. The van der Waals surface area contributed by atoms with Gasteiger partial charge in [0.15, 0.2) is 15.7 Å². The van der Waals surface area contributed by atoms with Crippen LogP contribution in [0.3, 0.4) is 0 Å². The lowest BCUT2D eigenvalue weighted by Crippen LogP contribution is -2.41. The van der Waals surface area contributed by atoms with Gasteiger partial charge in [-0.15, -0.1) is 0 Å². The molecule has 3 rings (SSSR count). The first-order valence-corrected chi connectivity index (χ1v) is 9.20. The fraction of sp³-hybridized carbons (Fsp3) is 0.467. The molecule has 0 unspecified atom stereocenters. The van der Waals surface area contributed by atoms with E-state index in [2.05, 4.69) is 20.1 Å². The highest BCUT2D eigenvalue weighted by molar-refractivity contribution is 7.91. The largest absolute Gasteiger partial charge is 0.367 e. The van der Waals surface area contributed by atoms with Gasteiger partial charge >= 0.3 is 0 Å². The minimum atomic E-state index is -3.26. The van der Waals surface area contributed by atoms with E-state index in [4.69, 9.17) is 4.74 Å². The van der Waals surface area contributed by atoms with E-state index in [1.165, 1.54) is 0 Å². The molecule has 1 aromatic heterocycles. The molecule has 0 radical (unpaired) electrons. The number of hydrogen-bond acceptors (Lipinski definition) is 6. The molecular weight excluding hydrogens is 316 g/mol. The molecule has 1 fully saturated rings. The predicted molar refractivity (Wildman–Crippen MR) is 84.7 cm³/mol. The Hall–Kier alpha value is -1.77. The van der Waals surface area contributed by atoms with Crippen LogP contribution < -0.4 is 0 Å². The second-order valence-electron chi connectivity index (χ2n) is 5.57. The molecule has 1 N–H and O–H groups in total. The van der Waals surface area contributed by atoms with Crippen molar-refractivity contribution in [2.24, 2.45) is 0 Å². The number of sulfone groups is 1. The smallest absolute Gasteiger partial charge is 0.180 e. The van der Waals surface area contributed by atoms with Crippen molar-refractivity contribution in [2.45, 2.75) is 17.9 Å². The van der Waals surface area contributed by atoms with E-state index in [0.29, 0.717) is 37.0 Å². The van der Waals surface area contributed by atoms with Crippen LogP contribution in [0.1, 0.15) is 17.8 Å². The maximum Gasteiger partial charge on any atom is 0.180 e. The van der Waals surface area contributed by atoms with Gasteiger partial charge in [-0.2, -0.15) is 5.10 Å². The van der Waals surface area contributed by atoms with Crippen LogP contribution in [0.15, 0.2) is 35.2 Å². The summed E-state index contributed by atoms with van der Waals surface area (Å²) in [5.74, 6) is 1.46. The highest BCUT2D eigenvalue weighted by Crippen LogP contribution is 2.19. The Balaban J connectivity index is 1.60. The van der Waals surface area contributed by atoms with Crippen LogP contribution in [0.25, 0.3) is 0 Å². The monoisotopic (exact) mass is 336 g/mol. The summed E-state index contributed by atoms with van der Waals surface area (Å²) in [5, 5.41) is 6.93. The molecule has 8 heteroatoms. The Morgan fingerprint density at radius 1 is 1.35 bits per heavy atom. The second kappa shape index (κ2) is 6.77. The average molecular weight is 336 g/mol. The van der Waals surface area contributed by atoms with E-state index in [0.717, 1.165) is 5.82 Å². The molecule has 2 aromatic rings. The number of morpholine rings is 1. The number of aromatic amines is 1. The minimum absolute atomic E-state index is 0.0940. The lowest BCUT2D eigenvalue weighted by Gasteiger charge is -2.31. The number of rotatable bonds is 5. The van der Waals surface area contributed by atoms with Crippen LogP contribution in [0.5, 0.6) is 0 Å². The van der Waals surface area contributed by atoms with E-state index >= 15 is 0 Å². The normalized spacial score (nSPS) is 19.8. The van der Waals surface area contributed by atoms with Crippen LogP contribution in [-0.4, -0.2) is 60.5 Å². The third kappa shape index (κ3) is 3.95. The number of hydrogen-bond donors (Lipinski definition) is 1. The lowest BCUT2D eigenvalue weighted by atomic mass is 10.2. The molecule has 0 amide bonds. The zero-order valence-electron chi connectivity index (χ0n) is 13.0. The summed E-state index contributed by atoms with van der Waals surface area (Å²) in [4.78, 5) is 6.74. The molecular formula is C15H20N4O3S. The van der Waals surface area contributed by atoms with Crippen molar-refractivity contribution in [3.63, 3.8) is 0 Å². The summed E-state index contributed by atoms with van der Waals surface area (Å²) >= 11 is 0. The number of ether oxygens (including phenoxy) is 1. The zero-order chi connectivity index (χ0) is 16.3. The van der Waals surface area contributed by atoms with E-state index in [9.17, 15) is 8.42 Å². The third-order valence-electron chi connectivity index (χ3n) is 3.83. The van der Waals surface area contributed by atoms with Gasteiger partial charge in [0.2, 0.25) is 0 Å². The second-order valence-corrected chi connectivity index (χ2v) is 7.68. The predicted octanol–water partition coefficient (Wildman–Crippen LogP) is 0.960. The minimum Gasteiger partial charge on any atom is -0.367 e. The molecule has 2 heterocycles. The molecule has 1 aromatic carbocycles. The highest BCUT2D eigenvalue weighted by Gasteiger charge is 2.26. The molecule has 0 saturated carbocycles. The number of H-pyrrole nitrogens is 1. The number of benzene rings is 1. The fourth-order valence-electron chi connectivity index (χ4n) is 2.56. The van der Waals surface area contributed by atoms with Crippen molar-refractivity contribution in [1.82, 2.24) is 20.1 Å². The molecule has 0 spiro atoms. The highest BCUT2D eigenvalue weighted by atomic mass is 32.2. The first kappa shape index (κ1) is 16.1. The third-order valence-corrected chi connectivity index (χ3v) is 5.54. The summed E-state index contributed by atoms with van der Waals surface area (Å²) in [6, 6.07) is 8.55. The Labute approximate surface area is 135 Å². The van der Waals surface area contributed by atoms with Crippen LogP contribution in [0, 0.1) is 6.92 Å². The van der Waals surface area contributed by atoms with Crippen LogP contribution in [0.2, 0.25) is 0 Å². The summed E-state index contributed by atoms with van der Waals surface area (Å²) in [6.45, 7) is 4.17. The molecule has 124 valence electrons. The Kier molecular flexibility index (Phi) is 4.74. The van der Waals surface area contributed by atoms with Gasteiger partial charge in [0, 0.05) is 19.6 Å². The average Bonchev–Trinajstić information content (AvgIpc) is 3.01. The topological polar surface area (TPSA) is 88.2 Å². The molecule has 0 bridgehead atoms. The standard InChI is InChI=1S/C15H20N4O3S/c1-12-16-15(18-17-12)14-11-19(7-9-22-14)8-10-23(20,21)13-5-3-2-4-6-13/h2-6,14H,7-11H2,1H3,(H,16,17,18)/t14-/m1/s1. The van der Waals surface area contributed by atoms with E-state index in [1.807, 2.05) is 13.0 Å². The molecule has 1 aliphatic rings.